The third-order valence-electron chi connectivity index (χ3n) is 3.69. The van der Waals surface area contributed by atoms with Gasteiger partial charge in [-0.3, -0.25) is 0 Å². The van der Waals surface area contributed by atoms with Crippen molar-refractivity contribution < 1.29 is 14.6 Å². The van der Waals surface area contributed by atoms with Crippen LogP contribution in [0.1, 0.15) is 30.7 Å². The minimum Gasteiger partial charge on any atom is -0.497 e. The van der Waals surface area contributed by atoms with Crippen LogP contribution in [0.3, 0.4) is 0 Å². The van der Waals surface area contributed by atoms with Crippen molar-refractivity contribution in [3.8, 4) is 11.5 Å². The molecule has 1 aromatic carbocycles. The molecule has 2 bridgehead atoms. The van der Waals surface area contributed by atoms with Gasteiger partial charge in [0.15, 0.2) is 0 Å². The van der Waals surface area contributed by atoms with Crippen LogP contribution >= 0.6 is 0 Å². The molecular formula is C13H16O3. The fourth-order valence-electron chi connectivity index (χ4n) is 2.82. The standard InChI is InChI=1S/C13H16O3/c1-15-8-5-6-11-10(7-8)9-3-2-4-12(16-11)13(9)14/h5-7,9,12-14H,2-4H2,1H3/t9-,12-,13-/m1/s1. The molecule has 86 valence electrons. The molecule has 1 aliphatic carbocycles. The van der Waals surface area contributed by atoms with Gasteiger partial charge in [-0.05, 0) is 37.5 Å². The van der Waals surface area contributed by atoms with Crippen LogP contribution in [0.2, 0.25) is 0 Å². The summed E-state index contributed by atoms with van der Waals surface area (Å²) in [6.07, 6.45) is 2.76. The van der Waals surface area contributed by atoms with Crippen molar-refractivity contribution in [3.05, 3.63) is 23.8 Å². The molecule has 3 rings (SSSR count). The predicted octanol–water partition coefficient (Wildman–Crippen LogP) is 2.08. The van der Waals surface area contributed by atoms with Gasteiger partial charge in [0.1, 0.15) is 17.6 Å². The number of hydrogen-bond donors (Lipinski definition) is 1. The summed E-state index contributed by atoms with van der Waals surface area (Å²) in [4.78, 5) is 0. The lowest BCUT2D eigenvalue weighted by atomic mass is 9.78. The number of hydrogen-bond acceptors (Lipinski definition) is 3. The lowest BCUT2D eigenvalue weighted by Gasteiger charge is -2.40. The second-order valence-corrected chi connectivity index (χ2v) is 4.59. The van der Waals surface area contributed by atoms with E-state index >= 15 is 0 Å². The quantitative estimate of drug-likeness (QED) is 0.787. The van der Waals surface area contributed by atoms with Crippen LogP contribution < -0.4 is 9.47 Å². The summed E-state index contributed by atoms with van der Waals surface area (Å²) < 4.78 is 11.0. The highest BCUT2D eigenvalue weighted by atomic mass is 16.5. The monoisotopic (exact) mass is 220 g/mol. The average molecular weight is 220 g/mol. The van der Waals surface area contributed by atoms with Gasteiger partial charge < -0.3 is 14.6 Å². The minimum atomic E-state index is -0.353. The summed E-state index contributed by atoms with van der Waals surface area (Å²) in [6, 6.07) is 5.85. The van der Waals surface area contributed by atoms with Crippen LogP contribution in [0.5, 0.6) is 11.5 Å². The van der Waals surface area contributed by atoms with Gasteiger partial charge in [-0.1, -0.05) is 0 Å². The molecule has 3 nitrogen and oxygen atoms in total. The molecule has 1 saturated carbocycles. The Hall–Kier alpha value is -1.22. The predicted molar refractivity (Wildman–Crippen MR) is 60.0 cm³/mol. The number of methoxy groups -OCH3 is 1. The van der Waals surface area contributed by atoms with E-state index < -0.39 is 0 Å². The second-order valence-electron chi connectivity index (χ2n) is 4.59. The Morgan fingerprint density at radius 3 is 3.06 bits per heavy atom. The maximum atomic E-state index is 10.1. The van der Waals surface area contributed by atoms with Gasteiger partial charge in [0.25, 0.3) is 0 Å². The zero-order valence-electron chi connectivity index (χ0n) is 9.35. The number of aliphatic hydroxyl groups is 1. The number of fused-ring (bicyclic) bond motifs is 4. The van der Waals surface area contributed by atoms with Crippen molar-refractivity contribution >= 4 is 0 Å². The average Bonchev–Trinajstić information content (AvgIpc) is 2.29. The van der Waals surface area contributed by atoms with Crippen LogP contribution in [-0.4, -0.2) is 24.4 Å². The Kier molecular flexibility index (Phi) is 2.28. The highest BCUT2D eigenvalue weighted by molar-refractivity contribution is 5.45. The molecule has 1 aromatic rings. The van der Waals surface area contributed by atoms with Gasteiger partial charge in [-0.15, -0.1) is 0 Å². The first kappa shape index (κ1) is 9.97. The molecule has 3 atom stereocenters. The van der Waals surface area contributed by atoms with E-state index in [1.165, 1.54) is 0 Å². The molecule has 0 spiro atoms. The van der Waals surface area contributed by atoms with Crippen molar-refractivity contribution in [2.45, 2.75) is 37.4 Å². The highest BCUT2D eigenvalue weighted by Crippen LogP contribution is 2.44. The molecule has 0 amide bonds. The molecular weight excluding hydrogens is 204 g/mol. The van der Waals surface area contributed by atoms with Crippen molar-refractivity contribution in [2.24, 2.45) is 0 Å². The van der Waals surface area contributed by atoms with Crippen LogP contribution in [0.4, 0.5) is 0 Å². The molecule has 0 unspecified atom stereocenters. The zero-order chi connectivity index (χ0) is 11.1. The summed E-state index contributed by atoms with van der Waals surface area (Å²) in [5.41, 5.74) is 1.10. The normalized spacial score (nSPS) is 31.5. The van der Waals surface area contributed by atoms with Crippen LogP contribution in [0.15, 0.2) is 18.2 Å². The topological polar surface area (TPSA) is 38.7 Å². The Labute approximate surface area is 95.0 Å². The van der Waals surface area contributed by atoms with E-state index in [1.54, 1.807) is 7.11 Å². The summed E-state index contributed by atoms with van der Waals surface area (Å²) >= 11 is 0. The van der Waals surface area contributed by atoms with Gasteiger partial charge in [-0.25, -0.2) is 0 Å². The van der Waals surface area contributed by atoms with Gasteiger partial charge in [-0.2, -0.15) is 0 Å². The summed E-state index contributed by atoms with van der Waals surface area (Å²) in [5, 5.41) is 10.1. The van der Waals surface area contributed by atoms with Crippen molar-refractivity contribution in [1.29, 1.82) is 0 Å². The van der Waals surface area contributed by atoms with E-state index in [2.05, 4.69) is 0 Å². The molecule has 0 aromatic heterocycles. The first-order valence-electron chi connectivity index (χ1n) is 5.82. The largest absolute Gasteiger partial charge is 0.497 e. The van der Waals surface area contributed by atoms with Crippen molar-refractivity contribution in [3.63, 3.8) is 0 Å². The zero-order valence-corrected chi connectivity index (χ0v) is 9.35. The van der Waals surface area contributed by atoms with Gasteiger partial charge >= 0.3 is 0 Å². The Balaban J connectivity index is 2.05. The van der Waals surface area contributed by atoms with E-state index in [1.807, 2.05) is 18.2 Å². The Morgan fingerprint density at radius 1 is 1.38 bits per heavy atom. The summed E-state index contributed by atoms with van der Waals surface area (Å²) in [7, 11) is 1.66. The molecule has 16 heavy (non-hydrogen) atoms. The molecule has 1 heterocycles. The number of benzene rings is 1. The molecule has 2 aliphatic rings. The smallest absolute Gasteiger partial charge is 0.125 e. The van der Waals surface area contributed by atoms with Crippen molar-refractivity contribution in [1.82, 2.24) is 0 Å². The van der Waals surface area contributed by atoms with Crippen molar-refractivity contribution in [2.75, 3.05) is 7.11 Å². The van der Waals surface area contributed by atoms with E-state index in [9.17, 15) is 5.11 Å². The Morgan fingerprint density at radius 2 is 2.25 bits per heavy atom. The van der Waals surface area contributed by atoms with Crippen LogP contribution in [0.25, 0.3) is 0 Å². The summed E-state index contributed by atoms with van der Waals surface area (Å²) in [6.45, 7) is 0. The van der Waals surface area contributed by atoms with Crippen LogP contribution in [0, 0.1) is 0 Å². The molecule has 1 N–H and O–H groups in total. The fourth-order valence-corrected chi connectivity index (χ4v) is 2.82. The first-order chi connectivity index (χ1) is 7.79. The molecule has 3 heteroatoms. The maximum absolute atomic E-state index is 10.1. The first-order valence-corrected chi connectivity index (χ1v) is 5.82. The minimum absolute atomic E-state index is 0.0142. The molecule has 1 aliphatic heterocycles. The number of aliphatic hydroxyl groups excluding tert-OH is 1. The second kappa shape index (κ2) is 3.67. The number of rotatable bonds is 1. The van der Waals surface area contributed by atoms with E-state index in [-0.39, 0.29) is 18.1 Å². The third kappa shape index (κ3) is 1.39. The molecule has 0 saturated heterocycles. The van der Waals surface area contributed by atoms with Gasteiger partial charge in [0, 0.05) is 11.5 Å². The number of ether oxygens (including phenoxy) is 2. The summed E-state index contributed by atoms with van der Waals surface area (Å²) in [5.74, 6) is 1.97. The molecule has 1 fully saturated rings. The molecule has 0 radical (unpaired) electrons. The lowest BCUT2D eigenvalue weighted by molar-refractivity contribution is -0.0248. The fraction of sp³-hybridized carbons (Fsp3) is 0.538. The highest BCUT2D eigenvalue weighted by Gasteiger charge is 2.39. The van der Waals surface area contributed by atoms with E-state index in [0.29, 0.717) is 0 Å². The SMILES string of the molecule is COc1ccc2c(c1)[C@H]1CCC[C@@H](O2)[C@@H]1O. The maximum Gasteiger partial charge on any atom is 0.125 e. The third-order valence-corrected chi connectivity index (χ3v) is 3.69. The lowest BCUT2D eigenvalue weighted by Crippen LogP contribution is -2.43. The van der Waals surface area contributed by atoms with Gasteiger partial charge in [0.2, 0.25) is 0 Å². The van der Waals surface area contributed by atoms with Crippen LogP contribution in [-0.2, 0) is 0 Å². The Bertz CT molecular complexity index is 402. The van der Waals surface area contributed by atoms with E-state index in [0.717, 1.165) is 36.3 Å². The van der Waals surface area contributed by atoms with E-state index in [4.69, 9.17) is 9.47 Å². The van der Waals surface area contributed by atoms with Gasteiger partial charge in [0.05, 0.1) is 13.2 Å².